The molecule has 21 heavy (non-hydrogen) atoms. The maximum atomic E-state index is 12.6. The van der Waals surface area contributed by atoms with Crippen molar-refractivity contribution in [2.24, 2.45) is 0 Å². The standard InChI is InChI=1S/C18H28N2O/c1-5-7-8-11-20-17(19-16(6-2)18(20)21)15-12-13(3)9-10-14(15)4/h9-10,12,16-17,19H,5-8,11H2,1-4H3. The fourth-order valence-electron chi connectivity index (χ4n) is 3.06. The second-order valence-electron chi connectivity index (χ2n) is 6.13. The summed E-state index contributed by atoms with van der Waals surface area (Å²) in [7, 11) is 0. The van der Waals surface area contributed by atoms with E-state index < -0.39 is 0 Å². The van der Waals surface area contributed by atoms with Crippen molar-refractivity contribution in [3.8, 4) is 0 Å². The van der Waals surface area contributed by atoms with Crippen molar-refractivity contribution < 1.29 is 4.79 Å². The van der Waals surface area contributed by atoms with E-state index in [1.54, 1.807) is 0 Å². The Morgan fingerprint density at radius 2 is 1.95 bits per heavy atom. The van der Waals surface area contributed by atoms with E-state index in [4.69, 9.17) is 0 Å². The van der Waals surface area contributed by atoms with E-state index in [2.05, 4.69) is 51.2 Å². The van der Waals surface area contributed by atoms with Gasteiger partial charge >= 0.3 is 0 Å². The molecule has 1 heterocycles. The number of hydrogen-bond donors (Lipinski definition) is 1. The van der Waals surface area contributed by atoms with Crippen molar-refractivity contribution in [1.82, 2.24) is 10.2 Å². The van der Waals surface area contributed by atoms with Crippen LogP contribution in [0.25, 0.3) is 0 Å². The first-order valence-corrected chi connectivity index (χ1v) is 8.22. The van der Waals surface area contributed by atoms with Gasteiger partial charge in [0.25, 0.3) is 0 Å². The van der Waals surface area contributed by atoms with Crippen LogP contribution in [-0.2, 0) is 4.79 Å². The second-order valence-corrected chi connectivity index (χ2v) is 6.13. The first-order chi connectivity index (χ1) is 10.1. The smallest absolute Gasteiger partial charge is 0.241 e. The molecular weight excluding hydrogens is 260 g/mol. The predicted octanol–water partition coefficient (Wildman–Crippen LogP) is 3.70. The van der Waals surface area contributed by atoms with Crippen molar-refractivity contribution in [1.29, 1.82) is 0 Å². The van der Waals surface area contributed by atoms with E-state index in [1.165, 1.54) is 29.5 Å². The fourth-order valence-corrected chi connectivity index (χ4v) is 3.06. The number of hydrogen-bond acceptors (Lipinski definition) is 2. The van der Waals surface area contributed by atoms with Crippen molar-refractivity contribution in [2.75, 3.05) is 6.54 Å². The van der Waals surface area contributed by atoms with E-state index in [9.17, 15) is 4.79 Å². The lowest BCUT2D eigenvalue weighted by Crippen LogP contribution is -2.32. The average Bonchev–Trinajstić information content (AvgIpc) is 2.79. The number of nitrogens with zero attached hydrogens (tertiary/aromatic N) is 1. The van der Waals surface area contributed by atoms with Gasteiger partial charge in [-0.3, -0.25) is 10.1 Å². The molecule has 0 bridgehead atoms. The summed E-state index contributed by atoms with van der Waals surface area (Å²) in [4.78, 5) is 14.6. The normalized spacial score (nSPS) is 22.1. The van der Waals surface area contributed by atoms with Crippen LogP contribution in [0.3, 0.4) is 0 Å². The Labute approximate surface area is 128 Å². The molecule has 1 aliphatic heterocycles. The highest BCUT2D eigenvalue weighted by atomic mass is 16.2. The molecule has 0 saturated carbocycles. The third-order valence-electron chi connectivity index (χ3n) is 4.39. The topological polar surface area (TPSA) is 32.3 Å². The van der Waals surface area contributed by atoms with Gasteiger partial charge in [0.05, 0.1) is 6.04 Å². The SMILES string of the molecule is CCCCCN1C(=O)C(CC)NC1c1cc(C)ccc1C. The first-order valence-electron chi connectivity index (χ1n) is 8.22. The molecule has 1 saturated heterocycles. The van der Waals surface area contributed by atoms with Crippen LogP contribution < -0.4 is 5.32 Å². The highest BCUT2D eigenvalue weighted by Gasteiger charge is 2.38. The summed E-state index contributed by atoms with van der Waals surface area (Å²) in [5, 5.41) is 3.53. The molecule has 2 rings (SSSR count). The maximum absolute atomic E-state index is 12.6. The van der Waals surface area contributed by atoms with E-state index in [0.717, 1.165) is 19.4 Å². The number of carbonyl (C=O) groups excluding carboxylic acids is 1. The highest BCUT2D eigenvalue weighted by Crippen LogP contribution is 2.29. The molecule has 1 aromatic carbocycles. The quantitative estimate of drug-likeness (QED) is 0.809. The van der Waals surface area contributed by atoms with E-state index >= 15 is 0 Å². The van der Waals surface area contributed by atoms with Gasteiger partial charge in [0.2, 0.25) is 5.91 Å². The van der Waals surface area contributed by atoms with Gasteiger partial charge in [-0.25, -0.2) is 0 Å². The van der Waals surface area contributed by atoms with Crippen LogP contribution >= 0.6 is 0 Å². The van der Waals surface area contributed by atoms with Gasteiger partial charge in [-0.15, -0.1) is 0 Å². The van der Waals surface area contributed by atoms with Gasteiger partial charge in [0.1, 0.15) is 6.17 Å². The molecule has 3 nitrogen and oxygen atoms in total. The highest BCUT2D eigenvalue weighted by molar-refractivity contribution is 5.84. The summed E-state index contributed by atoms with van der Waals surface area (Å²) in [6.45, 7) is 9.36. The molecule has 1 amide bonds. The van der Waals surface area contributed by atoms with Gasteiger partial charge in [-0.05, 0) is 37.8 Å². The van der Waals surface area contributed by atoms with Gasteiger partial charge < -0.3 is 4.90 Å². The molecule has 2 atom stereocenters. The largest absolute Gasteiger partial charge is 0.322 e. The molecule has 0 spiro atoms. The van der Waals surface area contributed by atoms with Crippen LogP contribution in [0, 0.1) is 13.8 Å². The minimum Gasteiger partial charge on any atom is -0.322 e. The Kier molecular flexibility index (Phi) is 5.40. The summed E-state index contributed by atoms with van der Waals surface area (Å²) in [6.07, 6.45) is 4.34. The van der Waals surface area contributed by atoms with Crippen LogP contribution in [0.2, 0.25) is 0 Å². The summed E-state index contributed by atoms with van der Waals surface area (Å²) in [6, 6.07) is 6.47. The molecule has 1 aromatic rings. The zero-order valence-electron chi connectivity index (χ0n) is 13.8. The second kappa shape index (κ2) is 7.08. The molecule has 2 unspecified atom stereocenters. The first kappa shape index (κ1) is 16.0. The molecule has 0 radical (unpaired) electrons. The van der Waals surface area contributed by atoms with Gasteiger partial charge in [-0.2, -0.15) is 0 Å². The number of rotatable bonds is 6. The Bertz CT molecular complexity index is 498. The van der Waals surface area contributed by atoms with Crippen LogP contribution in [-0.4, -0.2) is 23.4 Å². The Balaban J connectivity index is 2.25. The number of unbranched alkanes of at least 4 members (excludes halogenated alkanes) is 2. The monoisotopic (exact) mass is 288 g/mol. The predicted molar refractivity (Wildman–Crippen MR) is 87.1 cm³/mol. The van der Waals surface area contributed by atoms with Crippen LogP contribution in [0.15, 0.2) is 18.2 Å². The van der Waals surface area contributed by atoms with E-state index in [0.29, 0.717) is 0 Å². The molecule has 0 aliphatic carbocycles. The lowest BCUT2D eigenvalue weighted by atomic mass is 10.0. The molecule has 1 aliphatic rings. The van der Waals surface area contributed by atoms with Gasteiger partial charge in [0.15, 0.2) is 0 Å². The van der Waals surface area contributed by atoms with E-state index in [1.807, 2.05) is 4.90 Å². The van der Waals surface area contributed by atoms with Crippen molar-refractivity contribution in [2.45, 2.75) is 65.6 Å². The van der Waals surface area contributed by atoms with Crippen molar-refractivity contribution >= 4 is 5.91 Å². The number of nitrogens with one attached hydrogen (secondary N) is 1. The zero-order valence-corrected chi connectivity index (χ0v) is 13.8. The molecule has 3 heteroatoms. The average molecular weight is 288 g/mol. The maximum Gasteiger partial charge on any atom is 0.241 e. The molecule has 1 N–H and O–H groups in total. The third-order valence-corrected chi connectivity index (χ3v) is 4.39. The van der Waals surface area contributed by atoms with Crippen LogP contribution in [0.5, 0.6) is 0 Å². The number of aryl methyl sites for hydroxylation is 2. The van der Waals surface area contributed by atoms with Crippen LogP contribution in [0.4, 0.5) is 0 Å². The Morgan fingerprint density at radius 1 is 1.19 bits per heavy atom. The third kappa shape index (κ3) is 3.46. The zero-order chi connectivity index (χ0) is 15.4. The summed E-state index contributed by atoms with van der Waals surface area (Å²) < 4.78 is 0. The summed E-state index contributed by atoms with van der Waals surface area (Å²) >= 11 is 0. The lowest BCUT2D eigenvalue weighted by molar-refractivity contribution is -0.130. The number of benzene rings is 1. The number of carbonyl (C=O) groups is 1. The van der Waals surface area contributed by atoms with Crippen LogP contribution in [0.1, 0.15) is 62.4 Å². The fraction of sp³-hybridized carbons (Fsp3) is 0.611. The molecule has 0 aromatic heterocycles. The van der Waals surface area contributed by atoms with Crippen molar-refractivity contribution in [3.63, 3.8) is 0 Å². The minimum atomic E-state index is -0.0310. The molecule has 1 fully saturated rings. The van der Waals surface area contributed by atoms with Crippen molar-refractivity contribution in [3.05, 3.63) is 34.9 Å². The Morgan fingerprint density at radius 3 is 2.62 bits per heavy atom. The van der Waals surface area contributed by atoms with Gasteiger partial charge in [-0.1, -0.05) is 50.5 Å². The molecular formula is C18H28N2O. The van der Waals surface area contributed by atoms with Gasteiger partial charge in [0, 0.05) is 6.54 Å². The minimum absolute atomic E-state index is 0.0310. The summed E-state index contributed by atoms with van der Waals surface area (Å²) in [5.74, 6) is 0.263. The Hall–Kier alpha value is -1.35. The molecule has 116 valence electrons. The summed E-state index contributed by atoms with van der Waals surface area (Å²) in [5.41, 5.74) is 3.75. The lowest BCUT2D eigenvalue weighted by Gasteiger charge is -2.26. The van der Waals surface area contributed by atoms with E-state index in [-0.39, 0.29) is 18.1 Å². The number of amides is 1.